The maximum atomic E-state index is 11.4. The second kappa shape index (κ2) is 6.01. The summed E-state index contributed by atoms with van der Waals surface area (Å²) in [5, 5.41) is 28.3. The Morgan fingerprint density at radius 3 is 2.33 bits per heavy atom. The Labute approximate surface area is 107 Å². The number of hydrogen-bond acceptors (Lipinski definition) is 6. The van der Waals surface area contributed by atoms with Gasteiger partial charge in [0.2, 0.25) is 0 Å². The van der Waals surface area contributed by atoms with Crippen molar-refractivity contribution in [3.05, 3.63) is 0 Å². The molecular weight excluding hydrogens is 262 g/mol. The zero-order chi connectivity index (χ0) is 14.1. The van der Waals surface area contributed by atoms with Crippen molar-refractivity contribution in [2.24, 2.45) is 0 Å². The number of ether oxygens (including phenoxy) is 1. The summed E-state index contributed by atoms with van der Waals surface area (Å²) in [5.74, 6) is -1.47. The highest BCUT2D eigenvalue weighted by Gasteiger charge is 2.41. The van der Waals surface area contributed by atoms with Gasteiger partial charge in [0, 0.05) is 6.42 Å². The topological polar surface area (TPSA) is 116 Å². The van der Waals surface area contributed by atoms with Gasteiger partial charge in [0.25, 0.3) is 0 Å². The summed E-state index contributed by atoms with van der Waals surface area (Å²) in [7, 11) is -2.44. The lowest BCUT2D eigenvalue weighted by molar-refractivity contribution is -0.00247. The van der Waals surface area contributed by atoms with Crippen LogP contribution in [0.5, 0.6) is 0 Å². The second-order valence-corrected chi connectivity index (χ2v) is 6.79. The molecule has 0 bridgehead atoms. The lowest BCUT2D eigenvalue weighted by Gasteiger charge is -2.23. The largest absolute Gasteiger partial charge is 0.388 e. The summed E-state index contributed by atoms with van der Waals surface area (Å²) in [6.45, 7) is 2.71. The van der Waals surface area contributed by atoms with Crippen LogP contribution >= 0.6 is 7.60 Å². The Hall–Kier alpha value is 0.0549. The molecule has 1 rings (SSSR count). The molecule has 1 heterocycles. The Morgan fingerprint density at radius 1 is 1.39 bits per heavy atom. The van der Waals surface area contributed by atoms with Gasteiger partial charge in [-0.05, 0) is 13.8 Å². The smallest absolute Gasteiger partial charge is 0.356 e. The Bertz CT molecular complexity index is 326. The van der Waals surface area contributed by atoms with Crippen LogP contribution in [0.4, 0.5) is 0 Å². The summed E-state index contributed by atoms with van der Waals surface area (Å²) in [6.07, 6.45) is -3.21. The molecule has 1 aliphatic heterocycles. The fourth-order valence-corrected chi connectivity index (χ4v) is 2.62. The minimum atomic E-state index is -4.07. The SMILES string of the molecule is B[C@@H]1O[C@H](CC(C)OP(=O)(O)C(C)O)C(O)[C@@H]1O. The van der Waals surface area contributed by atoms with Crippen molar-refractivity contribution in [3.63, 3.8) is 0 Å². The molecule has 0 aromatic heterocycles. The zero-order valence-corrected chi connectivity index (χ0v) is 11.5. The summed E-state index contributed by atoms with van der Waals surface area (Å²) in [4.78, 5) is 9.34. The zero-order valence-electron chi connectivity index (χ0n) is 10.6. The van der Waals surface area contributed by atoms with Crippen molar-refractivity contribution in [2.45, 2.75) is 56.5 Å². The molecule has 9 heteroatoms. The van der Waals surface area contributed by atoms with E-state index in [0.717, 1.165) is 0 Å². The molecule has 1 saturated heterocycles. The highest BCUT2D eigenvalue weighted by atomic mass is 31.2. The molecule has 0 spiro atoms. The molecule has 4 N–H and O–H groups in total. The van der Waals surface area contributed by atoms with E-state index in [4.69, 9.17) is 14.4 Å². The van der Waals surface area contributed by atoms with Gasteiger partial charge in [0.15, 0.2) is 5.85 Å². The minimum Gasteiger partial charge on any atom is -0.388 e. The van der Waals surface area contributed by atoms with E-state index >= 15 is 0 Å². The summed E-state index contributed by atoms with van der Waals surface area (Å²) >= 11 is 0. The van der Waals surface area contributed by atoms with Gasteiger partial charge < -0.3 is 29.5 Å². The van der Waals surface area contributed by atoms with Crippen molar-refractivity contribution >= 4 is 15.4 Å². The van der Waals surface area contributed by atoms with E-state index < -0.39 is 43.9 Å². The summed E-state index contributed by atoms with van der Waals surface area (Å²) < 4.78 is 21.6. The average Bonchev–Trinajstić information content (AvgIpc) is 2.45. The maximum Gasteiger partial charge on any atom is 0.356 e. The Morgan fingerprint density at radius 2 is 1.94 bits per heavy atom. The van der Waals surface area contributed by atoms with Crippen LogP contribution in [0.1, 0.15) is 20.3 Å². The molecule has 0 saturated carbocycles. The summed E-state index contributed by atoms with van der Waals surface area (Å²) in [5.41, 5.74) is 0. The predicted molar refractivity (Wildman–Crippen MR) is 65.9 cm³/mol. The standard InChI is InChI=1S/C9H20BO7P/c1-4(17-18(14,15)5(2)11)3-6-7(12)8(13)9(10)16-6/h4-9,11-13H,3,10H2,1-2H3,(H,14,15)/t4?,5?,6-,7?,8+,9-/m1/s1. The Balaban J connectivity index is 2.51. The van der Waals surface area contributed by atoms with Crippen LogP contribution in [0.25, 0.3) is 0 Å². The van der Waals surface area contributed by atoms with Gasteiger partial charge in [0.05, 0.1) is 18.2 Å². The van der Waals surface area contributed by atoms with Gasteiger partial charge >= 0.3 is 7.60 Å². The van der Waals surface area contributed by atoms with Crippen molar-refractivity contribution < 1.29 is 34.0 Å². The van der Waals surface area contributed by atoms with Crippen LogP contribution in [-0.2, 0) is 13.8 Å². The lowest BCUT2D eigenvalue weighted by atomic mass is 9.92. The minimum absolute atomic E-state index is 0.153. The first kappa shape index (κ1) is 16.1. The first-order valence-corrected chi connectivity index (χ1v) is 7.50. The van der Waals surface area contributed by atoms with Gasteiger partial charge in [-0.2, -0.15) is 0 Å². The van der Waals surface area contributed by atoms with E-state index in [9.17, 15) is 19.7 Å². The van der Waals surface area contributed by atoms with E-state index in [2.05, 4.69) is 0 Å². The van der Waals surface area contributed by atoms with Crippen molar-refractivity contribution in [3.8, 4) is 0 Å². The molecule has 7 atom stereocenters. The van der Waals surface area contributed by atoms with E-state index in [1.165, 1.54) is 13.8 Å². The molecule has 7 nitrogen and oxygen atoms in total. The molecule has 0 radical (unpaired) electrons. The maximum absolute atomic E-state index is 11.4. The van der Waals surface area contributed by atoms with Crippen LogP contribution in [0.3, 0.4) is 0 Å². The molecule has 18 heavy (non-hydrogen) atoms. The van der Waals surface area contributed by atoms with Crippen LogP contribution in [-0.4, -0.2) is 64.3 Å². The first-order chi connectivity index (χ1) is 8.15. The molecule has 0 aromatic rings. The Kier molecular flexibility index (Phi) is 5.38. The number of hydrogen-bond donors (Lipinski definition) is 4. The van der Waals surface area contributed by atoms with Gasteiger partial charge in [0.1, 0.15) is 20.1 Å². The molecular formula is C9H20BO7P. The van der Waals surface area contributed by atoms with Crippen molar-refractivity contribution in [1.29, 1.82) is 0 Å². The highest BCUT2D eigenvalue weighted by Crippen LogP contribution is 2.47. The van der Waals surface area contributed by atoms with Crippen LogP contribution < -0.4 is 0 Å². The molecule has 0 aliphatic carbocycles. The number of rotatable bonds is 5. The van der Waals surface area contributed by atoms with Crippen LogP contribution in [0.15, 0.2) is 0 Å². The third-order valence-corrected chi connectivity index (χ3v) is 4.58. The van der Waals surface area contributed by atoms with Crippen molar-refractivity contribution in [1.82, 2.24) is 0 Å². The van der Waals surface area contributed by atoms with Crippen LogP contribution in [0.2, 0.25) is 0 Å². The number of aliphatic hydroxyl groups is 3. The van der Waals surface area contributed by atoms with Gasteiger partial charge in [-0.3, -0.25) is 4.57 Å². The molecule has 106 valence electrons. The van der Waals surface area contributed by atoms with Gasteiger partial charge in [-0.25, -0.2) is 0 Å². The van der Waals surface area contributed by atoms with E-state index in [1.807, 2.05) is 0 Å². The van der Waals surface area contributed by atoms with E-state index in [-0.39, 0.29) is 6.42 Å². The third-order valence-electron chi connectivity index (χ3n) is 2.97. The second-order valence-electron chi connectivity index (χ2n) is 4.71. The molecule has 0 aromatic carbocycles. The van der Waals surface area contributed by atoms with E-state index in [0.29, 0.717) is 0 Å². The lowest BCUT2D eigenvalue weighted by Crippen LogP contribution is -2.34. The predicted octanol–water partition coefficient (Wildman–Crippen LogP) is -1.61. The highest BCUT2D eigenvalue weighted by molar-refractivity contribution is 7.53. The molecule has 0 amide bonds. The third kappa shape index (κ3) is 3.77. The van der Waals surface area contributed by atoms with Crippen LogP contribution in [0, 0.1) is 0 Å². The average molecular weight is 282 g/mol. The molecule has 1 aliphatic rings. The fraction of sp³-hybridized carbons (Fsp3) is 1.00. The van der Waals surface area contributed by atoms with Gasteiger partial charge in [-0.1, -0.05) is 0 Å². The molecule has 4 unspecified atom stereocenters. The number of aliphatic hydroxyl groups excluding tert-OH is 3. The molecule has 1 fully saturated rings. The van der Waals surface area contributed by atoms with Crippen molar-refractivity contribution in [2.75, 3.05) is 0 Å². The quantitative estimate of drug-likeness (QED) is 0.354. The normalized spacial score (nSPS) is 39.2. The summed E-state index contributed by atoms with van der Waals surface area (Å²) in [6, 6.07) is -0.491. The first-order valence-electron chi connectivity index (χ1n) is 5.85. The van der Waals surface area contributed by atoms with Gasteiger partial charge in [-0.15, -0.1) is 0 Å². The van der Waals surface area contributed by atoms with E-state index in [1.54, 1.807) is 7.85 Å². The monoisotopic (exact) mass is 282 g/mol. The fourth-order valence-electron chi connectivity index (χ4n) is 1.85.